The van der Waals surface area contributed by atoms with Gasteiger partial charge >= 0.3 is 0 Å². The van der Waals surface area contributed by atoms with Crippen molar-refractivity contribution in [2.75, 3.05) is 24.3 Å². The summed E-state index contributed by atoms with van der Waals surface area (Å²) in [6.45, 7) is 0.190. The van der Waals surface area contributed by atoms with E-state index in [4.69, 9.17) is 20.4 Å². The Bertz CT molecular complexity index is 1550. The van der Waals surface area contributed by atoms with Crippen LogP contribution in [0.3, 0.4) is 0 Å². The molecule has 0 fully saturated rings. The lowest BCUT2D eigenvalue weighted by Gasteiger charge is -2.22. The van der Waals surface area contributed by atoms with Gasteiger partial charge in [0.15, 0.2) is 5.16 Å². The topological polar surface area (TPSA) is 103 Å². The van der Waals surface area contributed by atoms with E-state index < -0.39 is 5.91 Å². The Morgan fingerprint density at radius 2 is 1.69 bits per heavy atom. The van der Waals surface area contributed by atoms with Crippen molar-refractivity contribution in [3.8, 4) is 5.75 Å². The average Bonchev–Trinajstić information content (AvgIpc) is 3.28. The molecule has 35 heavy (non-hydrogen) atoms. The maximum atomic E-state index is 13.4. The lowest BCUT2D eigenvalue weighted by Crippen LogP contribution is -2.35. The fraction of sp³-hybridized carbons (Fsp3) is 0.154. The van der Waals surface area contributed by atoms with Crippen molar-refractivity contribution in [3.05, 3.63) is 72.8 Å². The second kappa shape index (κ2) is 9.63. The second-order valence-corrected chi connectivity index (χ2v) is 8.86. The zero-order valence-electron chi connectivity index (χ0n) is 19.0. The van der Waals surface area contributed by atoms with Crippen molar-refractivity contribution < 1.29 is 14.3 Å². The molecule has 2 heterocycles. The summed E-state index contributed by atoms with van der Waals surface area (Å²) < 4.78 is 7.21. The van der Waals surface area contributed by atoms with E-state index in [1.807, 2.05) is 52.9 Å². The quantitative estimate of drug-likeness (QED) is 0.263. The Balaban J connectivity index is 1.49. The summed E-state index contributed by atoms with van der Waals surface area (Å²) in [5.74, 6) is 0.179. The van der Waals surface area contributed by atoms with Gasteiger partial charge in [-0.05, 0) is 48.5 Å². The molecule has 5 aromatic rings. The Labute approximate surface area is 205 Å². The average molecular weight is 486 g/mol. The number of para-hydroxylation sites is 3. The monoisotopic (exact) mass is 485 g/mol. The van der Waals surface area contributed by atoms with E-state index in [1.54, 1.807) is 36.3 Å². The Hall–Kier alpha value is -4.11. The zero-order chi connectivity index (χ0) is 24.4. The minimum Gasteiger partial charge on any atom is -0.497 e. The number of ether oxygens (including phenoxy) is 1. The number of imidazole rings is 1. The number of thioether (sulfide) groups is 1. The molecule has 0 spiro atoms. The number of amides is 2. The van der Waals surface area contributed by atoms with E-state index >= 15 is 0 Å². The molecule has 0 aliphatic carbocycles. The summed E-state index contributed by atoms with van der Waals surface area (Å²) in [5.41, 5.74) is 9.43. The fourth-order valence-corrected chi connectivity index (χ4v) is 4.88. The van der Waals surface area contributed by atoms with Gasteiger partial charge in [0, 0.05) is 24.0 Å². The maximum absolute atomic E-state index is 13.4. The molecule has 2 amide bonds. The van der Waals surface area contributed by atoms with Gasteiger partial charge in [0.25, 0.3) is 0 Å². The molecule has 0 saturated heterocycles. The Morgan fingerprint density at radius 3 is 2.43 bits per heavy atom. The van der Waals surface area contributed by atoms with Gasteiger partial charge in [-0.25, -0.2) is 9.97 Å². The summed E-state index contributed by atoms with van der Waals surface area (Å²) in [5, 5.41) is 1.62. The third kappa shape index (κ3) is 4.50. The van der Waals surface area contributed by atoms with Crippen LogP contribution < -0.4 is 15.4 Å². The minimum absolute atomic E-state index is 0.0626. The van der Waals surface area contributed by atoms with Gasteiger partial charge in [0.2, 0.25) is 11.8 Å². The Morgan fingerprint density at radius 1 is 0.971 bits per heavy atom. The first-order valence-corrected chi connectivity index (χ1v) is 12.0. The Kier molecular flexibility index (Phi) is 6.24. The number of benzene rings is 3. The first-order valence-electron chi connectivity index (χ1n) is 11.1. The number of nitrogens with zero attached hydrogens (tertiary/aromatic N) is 4. The highest BCUT2D eigenvalue weighted by molar-refractivity contribution is 7.99. The van der Waals surface area contributed by atoms with Crippen molar-refractivity contribution in [1.82, 2.24) is 14.4 Å². The highest BCUT2D eigenvalue weighted by Crippen LogP contribution is 2.29. The number of fused-ring (bicyclic) bond motifs is 5. The van der Waals surface area contributed by atoms with Crippen LogP contribution in [0.2, 0.25) is 0 Å². The van der Waals surface area contributed by atoms with Gasteiger partial charge < -0.3 is 15.4 Å². The van der Waals surface area contributed by atoms with Gasteiger partial charge in [-0.15, -0.1) is 0 Å². The van der Waals surface area contributed by atoms with Crippen LogP contribution in [0.1, 0.15) is 6.42 Å². The molecule has 0 bridgehead atoms. The van der Waals surface area contributed by atoms with E-state index in [-0.39, 0.29) is 24.6 Å². The number of hydrogen-bond acceptors (Lipinski definition) is 6. The summed E-state index contributed by atoms with van der Waals surface area (Å²) in [7, 11) is 1.58. The predicted octanol–water partition coefficient (Wildman–Crippen LogP) is 4.05. The molecule has 0 aliphatic heterocycles. The fourth-order valence-electron chi connectivity index (χ4n) is 4.00. The zero-order valence-corrected chi connectivity index (χ0v) is 19.9. The van der Waals surface area contributed by atoms with Crippen LogP contribution in [0.15, 0.2) is 78.0 Å². The largest absolute Gasteiger partial charge is 0.497 e. The summed E-state index contributed by atoms with van der Waals surface area (Å²) in [4.78, 5) is 36.0. The smallest absolute Gasteiger partial charge is 0.237 e. The van der Waals surface area contributed by atoms with Gasteiger partial charge in [0.05, 0.1) is 29.4 Å². The van der Waals surface area contributed by atoms with E-state index in [1.165, 1.54) is 11.8 Å². The number of rotatable bonds is 8. The van der Waals surface area contributed by atoms with Crippen LogP contribution in [0, 0.1) is 0 Å². The number of anilines is 1. The summed E-state index contributed by atoms with van der Waals surface area (Å²) in [6.07, 6.45) is 0.0626. The summed E-state index contributed by atoms with van der Waals surface area (Å²) in [6, 6.07) is 22.8. The van der Waals surface area contributed by atoms with Gasteiger partial charge in [0.1, 0.15) is 11.4 Å². The first kappa shape index (κ1) is 22.7. The van der Waals surface area contributed by atoms with Gasteiger partial charge in [-0.2, -0.15) is 0 Å². The van der Waals surface area contributed by atoms with E-state index in [2.05, 4.69) is 0 Å². The first-order chi connectivity index (χ1) is 17.0. The molecule has 0 radical (unpaired) electrons. The minimum atomic E-state index is -0.466. The highest BCUT2D eigenvalue weighted by atomic mass is 32.2. The van der Waals surface area contributed by atoms with Crippen LogP contribution in [0.25, 0.3) is 27.6 Å². The van der Waals surface area contributed by atoms with Crippen molar-refractivity contribution in [2.45, 2.75) is 11.6 Å². The molecule has 0 aliphatic rings. The molecular formula is C26H23N5O3S. The lowest BCUT2D eigenvalue weighted by molar-refractivity contribution is -0.118. The third-order valence-electron chi connectivity index (χ3n) is 5.70. The summed E-state index contributed by atoms with van der Waals surface area (Å²) >= 11 is 1.34. The van der Waals surface area contributed by atoms with E-state index in [0.29, 0.717) is 16.6 Å². The van der Waals surface area contributed by atoms with Crippen LogP contribution in [-0.4, -0.2) is 45.6 Å². The molecule has 8 nitrogen and oxygen atoms in total. The van der Waals surface area contributed by atoms with Crippen LogP contribution in [0.5, 0.6) is 5.75 Å². The number of nitrogens with two attached hydrogens (primary N) is 1. The van der Waals surface area contributed by atoms with E-state index in [0.717, 1.165) is 27.6 Å². The molecule has 9 heteroatoms. The van der Waals surface area contributed by atoms with Gasteiger partial charge in [-0.1, -0.05) is 36.0 Å². The number of carbonyl (C=O) groups excluding carboxylic acids is 2. The third-order valence-corrected chi connectivity index (χ3v) is 6.63. The molecule has 0 saturated carbocycles. The van der Waals surface area contributed by atoms with Crippen LogP contribution >= 0.6 is 11.8 Å². The predicted molar refractivity (Wildman–Crippen MR) is 138 cm³/mol. The number of primary amides is 1. The maximum Gasteiger partial charge on any atom is 0.237 e. The molecule has 0 atom stereocenters. The molecule has 3 aromatic carbocycles. The van der Waals surface area contributed by atoms with Crippen molar-refractivity contribution >= 4 is 56.8 Å². The normalized spacial score (nSPS) is 11.2. The van der Waals surface area contributed by atoms with Crippen molar-refractivity contribution in [3.63, 3.8) is 0 Å². The van der Waals surface area contributed by atoms with Crippen LogP contribution in [-0.2, 0) is 9.59 Å². The molecule has 0 unspecified atom stereocenters. The molecule has 5 rings (SSSR count). The molecule has 176 valence electrons. The number of aromatic nitrogens is 3. The number of carbonyl (C=O) groups is 2. The molecular weight excluding hydrogens is 462 g/mol. The number of methoxy groups -OCH3 is 1. The standard InChI is InChI=1S/C26H23N5O3S/c1-34-18-12-10-17(11-13-18)30(15-14-23(27)32)24(33)16-35-26-29-20-7-3-2-6-19(20)25-28-21-8-4-5-9-22(21)31(25)26/h2-13H,14-16H2,1H3,(H2,27,32). The van der Waals surface area contributed by atoms with Crippen molar-refractivity contribution in [1.29, 1.82) is 0 Å². The molecule has 2 N–H and O–H groups in total. The van der Waals surface area contributed by atoms with Gasteiger partial charge in [-0.3, -0.25) is 14.0 Å². The number of hydrogen-bond donors (Lipinski definition) is 1. The second-order valence-electron chi connectivity index (χ2n) is 7.92. The SMILES string of the molecule is COc1ccc(N(CCC(N)=O)C(=O)CSc2nc3ccccc3c3nc4ccccc4n23)cc1. The lowest BCUT2D eigenvalue weighted by atomic mass is 10.2. The van der Waals surface area contributed by atoms with Crippen molar-refractivity contribution in [2.24, 2.45) is 5.73 Å². The molecule has 2 aromatic heterocycles. The van der Waals surface area contributed by atoms with E-state index in [9.17, 15) is 9.59 Å². The van der Waals surface area contributed by atoms with Crippen LogP contribution in [0.4, 0.5) is 5.69 Å². The highest BCUT2D eigenvalue weighted by Gasteiger charge is 2.20.